The summed E-state index contributed by atoms with van der Waals surface area (Å²) in [5.41, 5.74) is 6.97. The minimum absolute atomic E-state index is 0.0566. The number of hydrogen-bond acceptors (Lipinski definition) is 8. The zero-order chi connectivity index (χ0) is 37.9. The lowest BCUT2D eigenvalue weighted by molar-refractivity contribution is -0.115. The standard InChI is InChI=1S/2C19H13ClFN5O/c1-11(27)23-13-5-2-4-12(10-13)17-16(15-7-8-22-19(20)24-15)18-14(21)6-3-9-26(18)25-17;1-11(27)23-14-4-2-3-12(9-14)18-17(15-7-8-22-19(20)24-15)16-6-5-13(21)10-26(16)25-18/h2*2-10H,1H3,(H,23,27). The number of rotatable bonds is 6. The van der Waals surface area contributed by atoms with Crippen LogP contribution in [-0.2, 0) is 9.59 Å². The molecule has 6 heterocycles. The van der Waals surface area contributed by atoms with Gasteiger partial charge in [0.15, 0.2) is 0 Å². The van der Waals surface area contributed by atoms with Gasteiger partial charge in [0.2, 0.25) is 22.4 Å². The summed E-state index contributed by atoms with van der Waals surface area (Å²) in [4.78, 5) is 39.0. The number of halogens is 4. The third-order valence-electron chi connectivity index (χ3n) is 7.88. The van der Waals surface area contributed by atoms with E-state index in [0.29, 0.717) is 56.4 Å². The SMILES string of the molecule is CC(=O)Nc1cccc(-c2nn3cc(F)ccc3c2-c2ccnc(Cl)n2)c1.CC(=O)Nc1cccc(-c2nn3cccc(F)c3c2-c2ccnc(Cl)n2)c1. The van der Waals surface area contributed by atoms with E-state index in [4.69, 9.17) is 23.2 Å². The van der Waals surface area contributed by atoms with Gasteiger partial charge in [-0.1, -0.05) is 24.3 Å². The van der Waals surface area contributed by atoms with Crippen LogP contribution in [-0.4, -0.2) is 51.0 Å². The van der Waals surface area contributed by atoms with Crippen molar-refractivity contribution in [2.75, 3.05) is 10.6 Å². The zero-order valence-corrected chi connectivity index (χ0v) is 29.8. The quantitative estimate of drug-likeness (QED) is 0.161. The molecular formula is C38H26Cl2F2N10O2. The lowest BCUT2D eigenvalue weighted by Gasteiger charge is -2.06. The number of nitrogens with one attached hydrogen (secondary N) is 2. The maximum absolute atomic E-state index is 14.6. The molecule has 0 bridgehead atoms. The second-order valence-corrected chi connectivity index (χ2v) is 12.4. The molecule has 0 aliphatic rings. The normalized spacial score (nSPS) is 10.9. The van der Waals surface area contributed by atoms with E-state index in [2.05, 4.69) is 40.8 Å². The number of pyridine rings is 2. The lowest BCUT2D eigenvalue weighted by Crippen LogP contribution is -2.05. The summed E-state index contributed by atoms with van der Waals surface area (Å²) in [6.07, 6.45) is 6.01. The topological polar surface area (TPSA) is 144 Å². The van der Waals surface area contributed by atoms with Crippen LogP contribution in [0.1, 0.15) is 13.8 Å². The Kier molecular flexibility index (Phi) is 10.0. The van der Waals surface area contributed by atoms with Crippen molar-refractivity contribution < 1.29 is 18.4 Å². The number of aromatic nitrogens is 8. The fraction of sp³-hybridized carbons (Fsp3) is 0.0526. The maximum Gasteiger partial charge on any atom is 0.222 e. The average Bonchev–Trinajstić information content (AvgIpc) is 3.72. The molecule has 0 fully saturated rings. The summed E-state index contributed by atoms with van der Waals surface area (Å²) >= 11 is 11.9. The van der Waals surface area contributed by atoms with Crippen LogP contribution in [0.5, 0.6) is 0 Å². The zero-order valence-electron chi connectivity index (χ0n) is 28.3. The summed E-state index contributed by atoms with van der Waals surface area (Å²) in [6.45, 7) is 2.87. The van der Waals surface area contributed by atoms with Crippen molar-refractivity contribution in [3.63, 3.8) is 0 Å². The first kappa shape index (κ1) is 35.7. The second kappa shape index (κ2) is 15.1. The number of carbonyl (C=O) groups excluding carboxylic acids is 2. The van der Waals surface area contributed by atoms with Gasteiger partial charge in [-0.25, -0.2) is 37.7 Å². The van der Waals surface area contributed by atoms with Crippen LogP contribution >= 0.6 is 23.2 Å². The number of anilines is 2. The number of carbonyl (C=O) groups is 2. The fourth-order valence-electron chi connectivity index (χ4n) is 5.83. The maximum atomic E-state index is 14.6. The van der Waals surface area contributed by atoms with Gasteiger partial charge in [-0.15, -0.1) is 0 Å². The molecule has 0 saturated carbocycles. The van der Waals surface area contributed by atoms with Crippen molar-refractivity contribution in [3.8, 4) is 45.0 Å². The van der Waals surface area contributed by atoms with Gasteiger partial charge >= 0.3 is 0 Å². The van der Waals surface area contributed by atoms with Crippen LogP contribution in [0.4, 0.5) is 20.2 Å². The van der Waals surface area contributed by atoms with Crippen LogP contribution in [0.2, 0.25) is 10.6 Å². The van der Waals surface area contributed by atoms with Gasteiger partial charge in [-0.05, 0) is 83.9 Å². The summed E-state index contributed by atoms with van der Waals surface area (Å²) < 4.78 is 31.2. The van der Waals surface area contributed by atoms with E-state index in [9.17, 15) is 18.4 Å². The molecule has 0 saturated heterocycles. The third-order valence-corrected chi connectivity index (χ3v) is 8.24. The van der Waals surface area contributed by atoms with E-state index in [1.165, 1.54) is 47.4 Å². The van der Waals surface area contributed by atoms with Gasteiger partial charge in [0.05, 0.1) is 34.2 Å². The van der Waals surface area contributed by atoms with Gasteiger partial charge in [0.1, 0.15) is 28.5 Å². The molecule has 2 amide bonds. The molecule has 16 heteroatoms. The molecule has 0 unspecified atom stereocenters. The van der Waals surface area contributed by atoms with Crippen LogP contribution in [0.3, 0.4) is 0 Å². The first-order valence-electron chi connectivity index (χ1n) is 16.1. The van der Waals surface area contributed by atoms with E-state index < -0.39 is 11.6 Å². The predicted octanol–water partition coefficient (Wildman–Crippen LogP) is 8.42. The largest absolute Gasteiger partial charge is 0.326 e. The van der Waals surface area contributed by atoms with Crippen LogP contribution in [0.25, 0.3) is 56.1 Å². The number of nitrogens with zero attached hydrogens (tertiary/aromatic N) is 8. The molecule has 268 valence electrons. The van der Waals surface area contributed by atoms with Crippen molar-refractivity contribution in [1.29, 1.82) is 0 Å². The molecule has 12 nitrogen and oxygen atoms in total. The number of hydrogen-bond donors (Lipinski definition) is 2. The van der Waals surface area contributed by atoms with E-state index >= 15 is 0 Å². The van der Waals surface area contributed by atoms with Crippen LogP contribution in [0.15, 0.2) is 110 Å². The van der Waals surface area contributed by atoms with E-state index in [1.807, 2.05) is 18.2 Å². The molecule has 6 aromatic heterocycles. The molecule has 0 aliphatic carbocycles. The number of benzene rings is 2. The molecule has 2 N–H and O–H groups in total. The molecule has 2 aromatic carbocycles. The molecule has 8 aromatic rings. The Hall–Kier alpha value is -6.64. The Balaban J connectivity index is 0.000000167. The molecular weight excluding hydrogens is 737 g/mol. The molecule has 0 atom stereocenters. The molecule has 0 radical (unpaired) electrons. The summed E-state index contributed by atoms with van der Waals surface area (Å²) in [5.74, 6) is -1.20. The van der Waals surface area contributed by atoms with Gasteiger partial charge in [-0.2, -0.15) is 10.2 Å². The average molecular weight is 764 g/mol. The van der Waals surface area contributed by atoms with Gasteiger partial charge in [0, 0.05) is 54.9 Å². The Labute approximate surface area is 315 Å². The predicted molar refractivity (Wildman–Crippen MR) is 202 cm³/mol. The first-order chi connectivity index (χ1) is 26.0. The van der Waals surface area contributed by atoms with E-state index in [-0.39, 0.29) is 27.9 Å². The van der Waals surface area contributed by atoms with Crippen molar-refractivity contribution in [2.24, 2.45) is 0 Å². The van der Waals surface area contributed by atoms with Crippen molar-refractivity contribution >= 4 is 57.4 Å². The van der Waals surface area contributed by atoms with Crippen LogP contribution in [0, 0.1) is 11.6 Å². The Morgan fingerprint density at radius 3 is 1.80 bits per heavy atom. The van der Waals surface area contributed by atoms with E-state index in [1.54, 1.807) is 67.0 Å². The van der Waals surface area contributed by atoms with E-state index in [0.717, 1.165) is 5.56 Å². The lowest BCUT2D eigenvalue weighted by atomic mass is 10.0. The fourth-order valence-corrected chi connectivity index (χ4v) is 6.12. The number of fused-ring (bicyclic) bond motifs is 2. The Bertz CT molecular complexity index is 2720. The third kappa shape index (κ3) is 7.60. The first-order valence-corrected chi connectivity index (χ1v) is 16.9. The minimum Gasteiger partial charge on any atom is -0.326 e. The number of amides is 2. The molecule has 54 heavy (non-hydrogen) atoms. The molecule has 8 rings (SSSR count). The Morgan fingerprint density at radius 2 is 1.22 bits per heavy atom. The molecule has 0 spiro atoms. The van der Waals surface area contributed by atoms with Gasteiger partial charge in [-0.3, -0.25) is 9.59 Å². The minimum atomic E-state index is -0.431. The Morgan fingerprint density at radius 1 is 0.667 bits per heavy atom. The smallest absolute Gasteiger partial charge is 0.222 e. The second-order valence-electron chi connectivity index (χ2n) is 11.7. The summed E-state index contributed by atoms with van der Waals surface area (Å²) in [6, 6.07) is 23.7. The highest BCUT2D eigenvalue weighted by atomic mass is 35.5. The molecule has 0 aliphatic heterocycles. The summed E-state index contributed by atoms with van der Waals surface area (Å²) in [5, 5.41) is 14.7. The van der Waals surface area contributed by atoms with Gasteiger partial charge in [0.25, 0.3) is 0 Å². The van der Waals surface area contributed by atoms with Crippen LogP contribution < -0.4 is 10.6 Å². The monoisotopic (exact) mass is 762 g/mol. The van der Waals surface area contributed by atoms with Gasteiger partial charge < -0.3 is 10.6 Å². The van der Waals surface area contributed by atoms with Crippen molar-refractivity contribution in [3.05, 3.63) is 132 Å². The summed E-state index contributed by atoms with van der Waals surface area (Å²) in [7, 11) is 0. The highest BCUT2D eigenvalue weighted by Gasteiger charge is 2.22. The highest BCUT2D eigenvalue weighted by molar-refractivity contribution is 6.28. The van der Waals surface area contributed by atoms with Crippen molar-refractivity contribution in [2.45, 2.75) is 13.8 Å². The van der Waals surface area contributed by atoms with Crippen molar-refractivity contribution in [1.82, 2.24) is 39.2 Å². The highest BCUT2D eigenvalue weighted by Crippen LogP contribution is 2.37.